The normalized spacial score (nSPS) is 25.2. The van der Waals surface area contributed by atoms with Gasteiger partial charge in [-0.25, -0.2) is 4.98 Å². The molecule has 5 nitrogen and oxygen atoms in total. The van der Waals surface area contributed by atoms with Crippen LogP contribution in [-0.4, -0.2) is 70.4 Å². The van der Waals surface area contributed by atoms with Crippen LogP contribution in [0, 0.1) is 0 Å². The third-order valence-corrected chi connectivity index (χ3v) is 7.02. The number of likely N-dealkylation sites (tertiary alicyclic amines) is 1. The molecule has 27 heavy (non-hydrogen) atoms. The molecule has 2 aliphatic heterocycles. The van der Waals surface area contributed by atoms with Gasteiger partial charge in [0.05, 0.1) is 23.3 Å². The number of aromatic nitrogens is 1. The fourth-order valence-corrected chi connectivity index (χ4v) is 5.48. The SMILES string of the molecule is C[C@@H]1CCC[C@@H](C)N1C(=O)CN1CCN(Cc2nc3ccccc3s2)CC1. The molecule has 1 aromatic carbocycles. The van der Waals surface area contributed by atoms with Gasteiger partial charge in [-0.3, -0.25) is 14.6 Å². The number of benzene rings is 1. The lowest BCUT2D eigenvalue weighted by molar-refractivity contribution is -0.139. The molecule has 2 saturated heterocycles. The van der Waals surface area contributed by atoms with Crippen LogP contribution in [0.3, 0.4) is 0 Å². The number of hydrogen-bond donors (Lipinski definition) is 0. The van der Waals surface area contributed by atoms with Crippen LogP contribution >= 0.6 is 11.3 Å². The number of piperazine rings is 1. The van der Waals surface area contributed by atoms with E-state index in [2.05, 4.69) is 46.7 Å². The van der Waals surface area contributed by atoms with Gasteiger partial charge in [0.1, 0.15) is 5.01 Å². The van der Waals surface area contributed by atoms with Gasteiger partial charge in [0, 0.05) is 38.3 Å². The van der Waals surface area contributed by atoms with E-state index in [4.69, 9.17) is 4.98 Å². The van der Waals surface area contributed by atoms with Crippen LogP contribution in [0.1, 0.15) is 38.1 Å². The van der Waals surface area contributed by atoms with Crippen molar-refractivity contribution in [1.82, 2.24) is 19.7 Å². The molecule has 0 spiro atoms. The Morgan fingerprint density at radius 1 is 1.07 bits per heavy atom. The molecule has 146 valence electrons. The van der Waals surface area contributed by atoms with E-state index < -0.39 is 0 Å². The number of piperidine rings is 1. The third kappa shape index (κ3) is 4.33. The van der Waals surface area contributed by atoms with E-state index >= 15 is 0 Å². The van der Waals surface area contributed by atoms with Crippen LogP contribution in [0.25, 0.3) is 10.2 Å². The maximum Gasteiger partial charge on any atom is 0.237 e. The largest absolute Gasteiger partial charge is 0.336 e. The molecule has 1 aromatic heterocycles. The van der Waals surface area contributed by atoms with Crippen molar-refractivity contribution in [2.45, 2.75) is 51.7 Å². The first-order valence-corrected chi connectivity index (χ1v) is 11.0. The molecule has 6 heteroatoms. The van der Waals surface area contributed by atoms with Crippen molar-refractivity contribution in [3.05, 3.63) is 29.3 Å². The third-order valence-electron chi connectivity index (χ3n) is 6.00. The molecule has 2 atom stereocenters. The standard InChI is InChI=1S/C21H30N4OS/c1-16-6-5-7-17(2)25(16)21(26)15-24-12-10-23(11-13-24)14-20-22-18-8-3-4-9-19(18)27-20/h3-4,8-9,16-17H,5-7,10-15H2,1-2H3/t16-,17-/m1/s1. The van der Waals surface area contributed by atoms with E-state index in [-0.39, 0.29) is 0 Å². The number of carbonyl (C=O) groups is 1. The Labute approximate surface area is 166 Å². The lowest BCUT2D eigenvalue weighted by Gasteiger charge is -2.41. The summed E-state index contributed by atoms with van der Waals surface area (Å²) in [6.45, 7) is 9.83. The zero-order valence-corrected chi connectivity index (χ0v) is 17.2. The van der Waals surface area contributed by atoms with Gasteiger partial charge in [0.15, 0.2) is 0 Å². The summed E-state index contributed by atoms with van der Waals surface area (Å²) in [5.41, 5.74) is 1.10. The smallest absolute Gasteiger partial charge is 0.237 e. The molecule has 0 bridgehead atoms. The van der Waals surface area contributed by atoms with Crippen molar-refractivity contribution < 1.29 is 4.79 Å². The van der Waals surface area contributed by atoms with Crippen LogP contribution in [0.15, 0.2) is 24.3 Å². The molecular formula is C21H30N4OS. The highest BCUT2D eigenvalue weighted by molar-refractivity contribution is 7.18. The fourth-order valence-electron chi connectivity index (χ4n) is 4.47. The number of para-hydroxylation sites is 1. The van der Waals surface area contributed by atoms with Crippen LogP contribution < -0.4 is 0 Å². The summed E-state index contributed by atoms with van der Waals surface area (Å²) in [4.78, 5) is 24.5. The summed E-state index contributed by atoms with van der Waals surface area (Å²) in [5, 5.41) is 1.19. The zero-order valence-electron chi connectivity index (χ0n) is 16.4. The summed E-state index contributed by atoms with van der Waals surface area (Å²) < 4.78 is 1.27. The average molecular weight is 387 g/mol. The Balaban J connectivity index is 1.28. The second-order valence-corrected chi connectivity index (χ2v) is 9.17. The number of amides is 1. The van der Waals surface area contributed by atoms with Gasteiger partial charge in [-0.1, -0.05) is 12.1 Å². The Kier molecular flexibility index (Phi) is 5.76. The Hall–Kier alpha value is -1.50. The molecule has 3 heterocycles. The highest BCUT2D eigenvalue weighted by atomic mass is 32.1. The molecule has 4 rings (SSSR count). The lowest BCUT2D eigenvalue weighted by atomic mass is 9.97. The van der Waals surface area contributed by atoms with Crippen molar-refractivity contribution in [1.29, 1.82) is 0 Å². The minimum absolute atomic E-state index is 0.314. The first-order valence-electron chi connectivity index (χ1n) is 10.2. The van der Waals surface area contributed by atoms with Crippen LogP contribution in [-0.2, 0) is 11.3 Å². The average Bonchev–Trinajstić information content (AvgIpc) is 3.05. The maximum absolute atomic E-state index is 12.8. The van der Waals surface area contributed by atoms with E-state index in [1.807, 2.05) is 6.07 Å². The van der Waals surface area contributed by atoms with E-state index in [0.717, 1.165) is 51.1 Å². The van der Waals surface area contributed by atoms with Gasteiger partial charge in [0.25, 0.3) is 0 Å². The van der Waals surface area contributed by atoms with Crippen molar-refractivity contribution in [2.24, 2.45) is 0 Å². The second-order valence-electron chi connectivity index (χ2n) is 8.06. The number of rotatable bonds is 4. The number of hydrogen-bond acceptors (Lipinski definition) is 5. The minimum atomic E-state index is 0.314. The lowest BCUT2D eigenvalue weighted by Crippen LogP contribution is -2.54. The Morgan fingerprint density at radius 3 is 2.44 bits per heavy atom. The number of fused-ring (bicyclic) bond motifs is 1. The van der Waals surface area contributed by atoms with E-state index in [1.165, 1.54) is 16.1 Å². The minimum Gasteiger partial charge on any atom is -0.336 e. The van der Waals surface area contributed by atoms with Crippen molar-refractivity contribution in [3.63, 3.8) is 0 Å². The molecule has 2 fully saturated rings. The number of nitrogens with zero attached hydrogens (tertiary/aromatic N) is 4. The predicted octanol–water partition coefficient (Wildman–Crippen LogP) is 3.20. The van der Waals surface area contributed by atoms with Gasteiger partial charge in [-0.2, -0.15) is 0 Å². The van der Waals surface area contributed by atoms with E-state index in [0.29, 0.717) is 24.5 Å². The van der Waals surface area contributed by atoms with Crippen LogP contribution in [0.2, 0.25) is 0 Å². The van der Waals surface area contributed by atoms with Gasteiger partial charge in [-0.15, -0.1) is 11.3 Å². The summed E-state index contributed by atoms with van der Waals surface area (Å²) in [7, 11) is 0. The summed E-state index contributed by atoms with van der Waals surface area (Å²) in [6.07, 6.45) is 3.54. The topological polar surface area (TPSA) is 39.7 Å². The summed E-state index contributed by atoms with van der Waals surface area (Å²) >= 11 is 1.79. The monoisotopic (exact) mass is 386 g/mol. The molecule has 0 N–H and O–H groups in total. The zero-order chi connectivity index (χ0) is 18.8. The van der Waals surface area contributed by atoms with Gasteiger partial charge < -0.3 is 4.90 Å². The first kappa shape index (κ1) is 18.8. The maximum atomic E-state index is 12.8. The molecule has 2 aromatic rings. The Morgan fingerprint density at radius 2 is 1.74 bits per heavy atom. The van der Waals surface area contributed by atoms with E-state index in [1.54, 1.807) is 11.3 Å². The fraction of sp³-hybridized carbons (Fsp3) is 0.619. The molecular weight excluding hydrogens is 356 g/mol. The summed E-state index contributed by atoms with van der Waals surface area (Å²) in [5.74, 6) is 0.314. The highest BCUT2D eigenvalue weighted by Gasteiger charge is 2.30. The van der Waals surface area contributed by atoms with Crippen molar-refractivity contribution >= 4 is 27.5 Å². The molecule has 1 amide bonds. The second kappa shape index (κ2) is 8.25. The molecule has 0 radical (unpaired) electrons. The molecule has 2 aliphatic rings. The molecule has 0 unspecified atom stereocenters. The van der Waals surface area contributed by atoms with Gasteiger partial charge in [-0.05, 0) is 45.2 Å². The Bertz CT molecular complexity index is 740. The molecule has 0 saturated carbocycles. The molecule has 0 aliphatic carbocycles. The highest BCUT2D eigenvalue weighted by Crippen LogP contribution is 2.24. The quantitative estimate of drug-likeness (QED) is 0.809. The number of thiazole rings is 1. The van der Waals surface area contributed by atoms with E-state index in [9.17, 15) is 4.79 Å². The van der Waals surface area contributed by atoms with Crippen molar-refractivity contribution in [3.8, 4) is 0 Å². The van der Waals surface area contributed by atoms with Crippen molar-refractivity contribution in [2.75, 3.05) is 32.7 Å². The summed E-state index contributed by atoms with van der Waals surface area (Å²) in [6, 6.07) is 9.13. The van der Waals surface area contributed by atoms with Gasteiger partial charge in [0.2, 0.25) is 5.91 Å². The predicted molar refractivity (Wildman–Crippen MR) is 111 cm³/mol. The van der Waals surface area contributed by atoms with Gasteiger partial charge >= 0.3 is 0 Å². The van der Waals surface area contributed by atoms with Crippen LogP contribution in [0.4, 0.5) is 0 Å². The number of carbonyl (C=O) groups excluding carboxylic acids is 1. The first-order chi connectivity index (χ1) is 13.1. The van der Waals surface area contributed by atoms with Crippen LogP contribution in [0.5, 0.6) is 0 Å².